The van der Waals surface area contributed by atoms with Crippen LogP contribution in [0.4, 0.5) is 0 Å². The van der Waals surface area contributed by atoms with Crippen LogP contribution in [0.15, 0.2) is 12.1 Å². The molecule has 1 rings (SSSR count). The fraction of sp³-hybridized carbons (Fsp3) is 0.333. The standard InChI is InChI=1S/C7H9N.C2H6/c1-6-4-5-7(2)8(6)3;1-2/h4-5H,1-2H2,3H3;1-2H3. The molecule has 1 heteroatoms. The summed E-state index contributed by atoms with van der Waals surface area (Å²) in [6.45, 7) is 11.5. The molecule has 0 unspecified atom stereocenters. The first-order chi connectivity index (χ1) is 4.72. The summed E-state index contributed by atoms with van der Waals surface area (Å²) in [6.07, 6.45) is 0. The average molecular weight is 137 g/mol. The maximum atomic E-state index is 3.76. The Bertz CT molecular complexity index is 242. The molecule has 1 aromatic heterocycles. The Morgan fingerprint density at radius 2 is 1.40 bits per heavy atom. The Hall–Kier alpha value is -0.980. The molecule has 0 aromatic carbocycles. The molecular weight excluding hydrogens is 122 g/mol. The summed E-state index contributed by atoms with van der Waals surface area (Å²) in [7, 11) is 1.95. The molecule has 1 nitrogen and oxygen atoms in total. The summed E-state index contributed by atoms with van der Waals surface area (Å²) in [5.41, 5.74) is 0. The molecule has 0 aliphatic heterocycles. The summed E-state index contributed by atoms with van der Waals surface area (Å²) in [5, 5.41) is 2.02. The zero-order valence-corrected chi connectivity index (χ0v) is 7.02. The van der Waals surface area contributed by atoms with Gasteiger partial charge in [-0.3, -0.25) is 0 Å². The summed E-state index contributed by atoms with van der Waals surface area (Å²) in [6, 6.07) is 3.89. The molecule has 0 bridgehead atoms. The van der Waals surface area contributed by atoms with Gasteiger partial charge in [-0.25, -0.2) is 0 Å². The van der Waals surface area contributed by atoms with E-state index < -0.39 is 0 Å². The maximum absolute atomic E-state index is 3.76. The molecule has 0 atom stereocenters. The van der Waals surface area contributed by atoms with Crippen LogP contribution < -0.4 is 10.7 Å². The lowest BCUT2D eigenvalue weighted by atomic mass is 10.6. The van der Waals surface area contributed by atoms with Gasteiger partial charge in [-0.2, -0.15) is 0 Å². The van der Waals surface area contributed by atoms with Gasteiger partial charge in [0.1, 0.15) is 0 Å². The Balaban J connectivity index is 0.000000371. The van der Waals surface area contributed by atoms with E-state index in [4.69, 9.17) is 0 Å². The van der Waals surface area contributed by atoms with Crippen LogP contribution in [0, 0.1) is 0 Å². The van der Waals surface area contributed by atoms with Crippen molar-refractivity contribution < 1.29 is 0 Å². The minimum Gasteiger partial charge on any atom is -0.346 e. The van der Waals surface area contributed by atoms with E-state index in [1.807, 2.05) is 37.6 Å². The number of nitrogens with zero attached hydrogens (tertiary/aromatic N) is 1. The van der Waals surface area contributed by atoms with Crippen LogP contribution in [0.1, 0.15) is 13.8 Å². The fourth-order valence-corrected chi connectivity index (χ4v) is 0.600. The first kappa shape index (κ1) is 9.02. The molecule has 1 heterocycles. The van der Waals surface area contributed by atoms with Crippen LogP contribution >= 0.6 is 0 Å². The Morgan fingerprint density at radius 1 is 1.10 bits per heavy atom. The highest BCUT2D eigenvalue weighted by Gasteiger charge is 1.80. The van der Waals surface area contributed by atoms with Gasteiger partial charge in [-0.05, 0) is 12.1 Å². The van der Waals surface area contributed by atoms with E-state index in [0.29, 0.717) is 0 Å². The monoisotopic (exact) mass is 137 g/mol. The molecule has 56 valence electrons. The van der Waals surface area contributed by atoms with Crippen molar-refractivity contribution in [3.63, 3.8) is 0 Å². The van der Waals surface area contributed by atoms with Crippen LogP contribution in [0.25, 0.3) is 13.2 Å². The van der Waals surface area contributed by atoms with E-state index in [1.165, 1.54) is 0 Å². The number of rotatable bonds is 0. The van der Waals surface area contributed by atoms with E-state index >= 15 is 0 Å². The molecule has 0 spiro atoms. The van der Waals surface area contributed by atoms with Crippen molar-refractivity contribution in [2.45, 2.75) is 13.8 Å². The molecule has 0 amide bonds. The van der Waals surface area contributed by atoms with Crippen molar-refractivity contribution in [3.05, 3.63) is 22.8 Å². The number of hydrogen-bond donors (Lipinski definition) is 0. The third kappa shape index (κ3) is 1.76. The first-order valence-corrected chi connectivity index (χ1v) is 3.51. The van der Waals surface area contributed by atoms with Gasteiger partial charge in [0.05, 0.1) is 0 Å². The normalized spacial score (nSPS) is 8.30. The van der Waals surface area contributed by atoms with Gasteiger partial charge in [0.25, 0.3) is 0 Å². The number of hydrogen-bond acceptors (Lipinski definition) is 0. The van der Waals surface area contributed by atoms with Crippen LogP contribution in [-0.4, -0.2) is 4.57 Å². The summed E-state index contributed by atoms with van der Waals surface area (Å²) >= 11 is 0. The second-order valence-electron chi connectivity index (χ2n) is 1.88. The Morgan fingerprint density at radius 3 is 1.50 bits per heavy atom. The van der Waals surface area contributed by atoms with E-state index in [0.717, 1.165) is 10.7 Å². The van der Waals surface area contributed by atoms with Gasteiger partial charge in [0, 0.05) is 17.7 Å². The van der Waals surface area contributed by atoms with E-state index in [-0.39, 0.29) is 0 Å². The zero-order chi connectivity index (χ0) is 8.15. The third-order valence-corrected chi connectivity index (χ3v) is 1.33. The highest BCUT2D eigenvalue weighted by Crippen LogP contribution is 1.61. The van der Waals surface area contributed by atoms with Gasteiger partial charge in [0.2, 0.25) is 0 Å². The van der Waals surface area contributed by atoms with Crippen molar-refractivity contribution in [2.75, 3.05) is 0 Å². The largest absolute Gasteiger partial charge is 0.346 e. The lowest BCUT2D eigenvalue weighted by Gasteiger charge is -1.86. The van der Waals surface area contributed by atoms with E-state index in [2.05, 4.69) is 13.2 Å². The second-order valence-corrected chi connectivity index (χ2v) is 1.88. The minimum absolute atomic E-state index is 1.01. The molecule has 0 fully saturated rings. The van der Waals surface area contributed by atoms with Crippen LogP contribution in [0.5, 0.6) is 0 Å². The lowest BCUT2D eigenvalue weighted by molar-refractivity contribution is 0.864. The van der Waals surface area contributed by atoms with Crippen molar-refractivity contribution in [3.8, 4) is 0 Å². The molecule has 10 heavy (non-hydrogen) atoms. The predicted octanol–water partition coefficient (Wildman–Crippen LogP) is 0.872. The summed E-state index contributed by atoms with van der Waals surface area (Å²) in [4.78, 5) is 0. The fourth-order valence-electron chi connectivity index (χ4n) is 0.600. The smallest absolute Gasteiger partial charge is 0.0335 e. The molecule has 0 saturated heterocycles. The van der Waals surface area contributed by atoms with Crippen LogP contribution in [0.2, 0.25) is 0 Å². The molecule has 0 radical (unpaired) electrons. The predicted molar refractivity (Wildman–Crippen MR) is 47.1 cm³/mol. The maximum Gasteiger partial charge on any atom is 0.0335 e. The van der Waals surface area contributed by atoms with Gasteiger partial charge >= 0.3 is 0 Å². The molecule has 0 aliphatic carbocycles. The van der Waals surface area contributed by atoms with Crippen LogP contribution in [0.3, 0.4) is 0 Å². The summed E-state index contributed by atoms with van der Waals surface area (Å²) < 4.78 is 1.94. The van der Waals surface area contributed by atoms with Crippen LogP contribution in [-0.2, 0) is 7.05 Å². The SMILES string of the molecule is C=c1ccc(=C)n1C.CC. The Kier molecular flexibility index (Phi) is 3.55. The van der Waals surface area contributed by atoms with Crippen molar-refractivity contribution in [2.24, 2.45) is 7.05 Å². The molecular formula is C9H15N. The lowest BCUT2D eigenvalue weighted by Crippen LogP contribution is -2.19. The van der Waals surface area contributed by atoms with Gasteiger partial charge in [0.15, 0.2) is 0 Å². The third-order valence-electron chi connectivity index (χ3n) is 1.33. The molecule has 1 aromatic rings. The van der Waals surface area contributed by atoms with Crippen molar-refractivity contribution in [1.29, 1.82) is 0 Å². The minimum atomic E-state index is 1.01. The number of aromatic nitrogens is 1. The van der Waals surface area contributed by atoms with E-state index in [1.54, 1.807) is 0 Å². The highest BCUT2D eigenvalue weighted by atomic mass is 14.9. The van der Waals surface area contributed by atoms with Crippen molar-refractivity contribution >= 4 is 13.2 Å². The molecule has 0 saturated carbocycles. The van der Waals surface area contributed by atoms with Crippen molar-refractivity contribution in [1.82, 2.24) is 4.57 Å². The first-order valence-electron chi connectivity index (χ1n) is 3.51. The zero-order valence-electron chi connectivity index (χ0n) is 7.02. The van der Waals surface area contributed by atoms with E-state index in [9.17, 15) is 0 Å². The topological polar surface area (TPSA) is 4.93 Å². The van der Waals surface area contributed by atoms with Gasteiger partial charge in [-0.15, -0.1) is 0 Å². The average Bonchev–Trinajstić information content (AvgIpc) is 2.25. The second kappa shape index (κ2) is 3.94. The van der Waals surface area contributed by atoms with Gasteiger partial charge in [-0.1, -0.05) is 27.0 Å². The summed E-state index contributed by atoms with van der Waals surface area (Å²) in [5.74, 6) is 0. The Labute approximate surface area is 62.3 Å². The quantitative estimate of drug-likeness (QED) is 0.500. The van der Waals surface area contributed by atoms with Gasteiger partial charge < -0.3 is 4.57 Å². The molecule has 0 N–H and O–H groups in total. The highest BCUT2D eigenvalue weighted by molar-refractivity contribution is 5.07. The molecule has 0 aliphatic rings.